The lowest BCUT2D eigenvalue weighted by molar-refractivity contribution is 0.247. The Morgan fingerprint density at radius 2 is 2.24 bits per heavy atom. The molecule has 0 spiro atoms. The van der Waals surface area contributed by atoms with Gasteiger partial charge in [-0.05, 0) is 12.0 Å². The van der Waals surface area contributed by atoms with Crippen LogP contribution in [0.1, 0.15) is 12.0 Å². The van der Waals surface area contributed by atoms with Gasteiger partial charge in [0.1, 0.15) is 5.51 Å². The third-order valence-corrected chi connectivity index (χ3v) is 4.04. The summed E-state index contributed by atoms with van der Waals surface area (Å²) in [5.74, 6) is 0. The largest absolute Gasteiger partial charge is 0.334 e. The monoisotopic (exact) mass is 303 g/mol. The topological polar surface area (TPSA) is 70.1 Å². The van der Waals surface area contributed by atoms with Gasteiger partial charge >= 0.3 is 6.03 Å². The molecule has 1 aromatic carbocycles. The molecule has 0 bridgehead atoms. The number of benzene rings is 1. The van der Waals surface area contributed by atoms with Crippen LogP contribution in [0.2, 0.25) is 0 Å². The van der Waals surface area contributed by atoms with Crippen LogP contribution in [0, 0.1) is 0 Å². The fraction of sp³-hybridized carbons (Fsp3) is 0.357. The second-order valence-electron chi connectivity index (χ2n) is 5.05. The SMILES string of the molecule is O=C(Nc1nncs1)N[C@H]1CCN(Cc2ccccc2)C1. The summed E-state index contributed by atoms with van der Waals surface area (Å²) in [7, 11) is 0. The third-order valence-electron chi connectivity index (χ3n) is 3.44. The number of likely N-dealkylation sites (tertiary alicyclic amines) is 1. The molecule has 2 heterocycles. The van der Waals surface area contributed by atoms with Crippen molar-refractivity contribution < 1.29 is 4.79 Å². The van der Waals surface area contributed by atoms with Gasteiger partial charge in [-0.2, -0.15) is 0 Å². The van der Waals surface area contributed by atoms with Crippen LogP contribution in [0.3, 0.4) is 0 Å². The maximum atomic E-state index is 11.8. The normalized spacial score (nSPS) is 18.6. The average Bonchev–Trinajstić information content (AvgIpc) is 3.12. The van der Waals surface area contributed by atoms with Gasteiger partial charge in [-0.15, -0.1) is 10.2 Å². The van der Waals surface area contributed by atoms with E-state index in [0.717, 1.165) is 26.1 Å². The van der Waals surface area contributed by atoms with Crippen molar-refractivity contribution in [2.45, 2.75) is 19.0 Å². The fourth-order valence-electron chi connectivity index (χ4n) is 2.48. The molecule has 2 amide bonds. The Bertz CT molecular complexity index is 574. The maximum absolute atomic E-state index is 11.8. The van der Waals surface area contributed by atoms with Crippen molar-refractivity contribution in [3.8, 4) is 0 Å². The number of nitrogens with one attached hydrogen (secondary N) is 2. The predicted molar refractivity (Wildman–Crippen MR) is 82.2 cm³/mol. The Morgan fingerprint density at radius 1 is 1.38 bits per heavy atom. The van der Waals surface area contributed by atoms with Crippen molar-refractivity contribution >= 4 is 22.5 Å². The first-order valence-electron chi connectivity index (χ1n) is 6.89. The molecule has 21 heavy (non-hydrogen) atoms. The Kier molecular flexibility index (Phi) is 4.42. The highest BCUT2D eigenvalue weighted by molar-refractivity contribution is 7.13. The first-order chi connectivity index (χ1) is 10.3. The highest BCUT2D eigenvalue weighted by Crippen LogP contribution is 2.14. The number of nitrogens with zero attached hydrogens (tertiary/aromatic N) is 3. The zero-order valence-electron chi connectivity index (χ0n) is 11.5. The Morgan fingerprint density at radius 3 is 3.00 bits per heavy atom. The number of carbonyl (C=O) groups excluding carboxylic acids is 1. The van der Waals surface area contributed by atoms with Crippen molar-refractivity contribution in [2.75, 3.05) is 18.4 Å². The number of carbonyl (C=O) groups is 1. The van der Waals surface area contributed by atoms with Gasteiger partial charge in [0.05, 0.1) is 0 Å². The molecule has 7 heteroatoms. The number of amides is 2. The van der Waals surface area contributed by atoms with Crippen LogP contribution in [-0.2, 0) is 6.54 Å². The summed E-state index contributed by atoms with van der Waals surface area (Å²) in [6.45, 7) is 2.80. The molecule has 2 N–H and O–H groups in total. The van der Waals surface area contributed by atoms with Crippen LogP contribution >= 0.6 is 11.3 Å². The van der Waals surface area contributed by atoms with E-state index in [-0.39, 0.29) is 12.1 Å². The molecule has 110 valence electrons. The van der Waals surface area contributed by atoms with Gasteiger partial charge in [0.25, 0.3) is 0 Å². The molecule has 1 aliphatic rings. The predicted octanol–water partition coefficient (Wildman–Crippen LogP) is 1.93. The van der Waals surface area contributed by atoms with Crippen LogP contribution in [0.15, 0.2) is 35.8 Å². The minimum absolute atomic E-state index is 0.182. The molecule has 0 aliphatic carbocycles. The van der Waals surface area contributed by atoms with Crippen molar-refractivity contribution in [1.82, 2.24) is 20.4 Å². The zero-order valence-corrected chi connectivity index (χ0v) is 12.3. The van der Waals surface area contributed by atoms with Crippen LogP contribution < -0.4 is 10.6 Å². The van der Waals surface area contributed by atoms with Crippen molar-refractivity contribution in [2.24, 2.45) is 0 Å². The van der Waals surface area contributed by atoms with E-state index >= 15 is 0 Å². The Hall–Kier alpha value is -1.99. The molecule has 0 saturated carbocycles. The molecule has 0 unspecified atom stereocenters. The van der Waals surface area contributed by atoms with Gasteiger partial charge in [-0.3, -0.25) is 10.2 Å². The minimum atomic E-state index is -0.210. The summed E-state index contributed by atoms with van der Waals surface area (Å²) >= 11 is 1.31. The molecule has 1 aliphatic heterocycles. The third kappa shape index (κ3) is 3.99. The first-order valence-corrected chi connectivity index (χ1v) is 7.77. The molecule has 3 rings (SSSR count). The van der Waals surface area contributed by atoms with Crippen molar-refractivity contribution in [3.63, 3.8) is 0 Å². The number of hydrogen-bond acceptors (Lipinski definition) is 5. The summed E-state index contributed by atoms with van der Waals surface area (Å²) in [5.41, 5.74) is 2.89. The van der Waals surface area contributed by atoms with Crippen molar-refractivity contribution in [1.29, 1.82) is 0 Å². The second-order valence-corrected chi connectivity index (χ2v) is 5.88. The van der Waals surface area contributed by atoms with Crippen LogP contribution in [0.5, 0.6) is 0 Å². The van der Waals surface area contributed by atoms with Gasteiger partial charge in [0.2, 0.25) is 5.13 Å². The van der Waals surface area contributed by atoms with Crippen molar-refractivity contribution in [3.05, 3.63) is 41.4 Å². The molecular weight excluding hydrogens is 286 g/mol. The lowest BCUT2D eigenvalue weighted by Gasteiger charge is -2.16. The highest BCUT2D eigenvalue weighted by atomic mass is 32.1. The summed E-state index contributed by atoms with van der Waals surface area (Å²) in [6.07, 6.45) is 0.969. The molecule has 1 fully saturated rings. The van der Waals surface area contributed by atoms with Crippen LogP contribution in [0.25, 0.3) is 0 Å². The standard InChI is InChI=1S/C14H17N5OS/c20-13(17-14-18-15-10-21-14)16-12-6-7-19(9-12)8-11-4-2-1-3-5-11/h1-5,10,12H,6-9H2,(H2,16,17,18,20)/t12-/m0/s1. The minimum Gasteiger partial charge on any atom is -0.334 e. The molecule has 1 saturated heterocycles. The van der Waals surface area contributed by atoms with Crippen LogP contribution in [-0.4, -0.2) is 40.3 Å². The smallest absolute Gasteiger partial charge is 0.321 e. The molecule has 0 radical (unpaired) electrons. The molecule has 1 aromatic heterocycles. The van der Waals surface area contributed by atoms with Gasteiger partial charge in [0, 0.05) is 25.7 Å². The van der Waals surface area contributed by atoms with Gasteiger partial charge in [0.15, 0.2) is 0 Å². The first kappa shape index (κ1) is 14.0. The zero-order chi connectivity index (χ0) is 14.5. The number of hydrogen-bond donors (Lipinski definition) is 2. The second kappa shape index (κ2) is 6.64. The lowest BCUT2D eigenvalue weighted by Crippen LogP contribution is -2.39. The summed E-state index contributed by atoms with van der Waals surface area (Å²) in [6, 6.07) is 10.4. The quantitative estimate of drug-likeness (QED) is 0.905. The van der Waals surface area contributed by atoms with Gasteiger partial charge in [-0.25, -0.2) is 4.79 Å². The van der Waals surface area contributed by atoms with E-state index < -0.39 is 0 Å². The number of rotatable bonds is 4. The molecular formula is C14H17N5OS. The molecule has 2 aromatic rings. The maximum Gasteiger partial charge on any atom is 0.321 e. The van der Waals surface area contributed by atoms with E-state index in [1.165, 1.54) is 16.9 Å². The molecule has 6 nitrogen and oxygen atoms in total. The van der Waals surface area contributed by atoms with Gasteiger partial charge in [-0.1, -0.05) is 41.7 Å². The van der Waals surface area contributed by atoms with E-state index in [1.807, 2.05) is 6.07 Å². The Labute approximate surface area is 127 Å². The fourth-order valence-corrected chi connectivity index (χ4v) is 2.92. The highest BCUT2D eigenvalue weighted by Gasteiger charge is 2.23. The molecule has 1 atom stereocenters. The van der Waals surface area contributed by atoms with E-state index in [0.29, 0.717) is 5.13 Å². The van der Waals surface area contributed by atoms with Crippen LogP contribution in [0.4, 0.5) is 9.93 Å². The number of anilines is 1. The number of aromatic nitrogens is 2. The average molecular weight is 303 g/mol. The number of urea groups is 1. The summed E-state index contributed by atoms with van der Waals surface area (Å²) in [5, 5.41) is 13.7. The lowest BCUT2D eigenvalue weighted by atomic mass is 10.2. The van der Waals surface area contributed by atoms with E-state index in [9.17, 15) is 4.79 Å². The van der Waals surface area contributed by atoms with E-state index in [2.05, 4.69) is 50.0 Å². The summed E-state index contributed by atoms with van der Waals surface area (Å²) in [4.78, 5) is 14.2. The van der Waals surface area contributed by atoms with E-state index in [4.69, 9.17) is 0 Å². The van der Waals surface area contributed by atoms with E-state index in [1.54, 1.807) is 5.51 Å². The summed E-state index contributed by atoms with van der Waals surface area (Å²) < 4.78 is 0. The Balaban J connectivity index is 1.45. The van der Waals surface area contributed by atoms with Gasteiger partial charge < -0.3 is 5.32 Å².